The van der Waals surface area contributed by atoms with E-state index in [2.05, 4.69) is 15.6 Å². The Balaban J connectivity index is 1.25. The summed E-state index contributed by atoms with van der Waals surface area (Å²) in [5.74, 6) is 0.853. The molecule has 12 heteroatoms. The van der Waals surface area contributed by atoms with Gasteiger partial charge in [-0.3, -0.25) is 14.5 Å². The zero-order chi connectivity index (χ0) is 30.1. The van der Waals surface area contributed by atoms with Gasteiger partial charge in [-0.1, -0.05) is 18.2 Å². The molecule has 2 aromatic carbocycles. The number of likely N-dealkylation sites (tertiary alicyclic amines) is 1. The Morgan fingerprint density at radius 2 is 1.98 bits per heavy atom. The highest BCUT2D eigenvalue weighted by molar-refractivity contribution is 7.21. The standard InChI is InChI=1S/C31H32N6O5S/c1-18-15-21(42-20-8-4-3-5-9-20)10-11-23(18)37-24-12-13-33-29-25(24)26(35-31(37)40)27(43-29)28(38)34-19-7-6-14-36(16-19)30(39)22(32)17-41-2/h3-5,8-13,15,19,22H,6-7,14,16-17,32H2,1-2H3,(H,34,38)(H,35,40). The number of carbonyl (C=O) groups excluding carboxylic acids is 3. The maximum atomic E-state index is 13.6. The number of amides is 4. The van der Waals surface area contributed by atoms with Crippen LogP contribution in [0.4, 0.5) is 21.9 Å². The van der Waals surface area contributed by atoms with Crippen LogP contribution in [0.1, 0.15) is 28.1 Å². The van der Waals surface area contributed by atoms with Crippen LogP contribution >= 0.6 is 11.3 Å². The zero-order valence-corrected chi connectivity index (χ0v) is 24.6. The van der Waals surface area contributed by atoms with E-state index in [1.54, 1.807) is 22.1 Å². The zero-order valence-electron chi connectivity index (χ0n) is 23.8. The van der Waals surface area contributed by atoms with Crippen LogP contribution in [-0.4, -0.2) is 66.6 Å². The van der Waals surface area contributed by atoms with Crippen LogP contribution in [0.25, 0.3) is 10.2 Å². The first-order valence-corrected chi connectivity index (χ1v) is 14.9. The Bertz CT molecular complexity index is 1690. The van der Waals surface area contributed by atoms with Gasteiger partial charge in [-0.15, -0.1) is 11.3 Å². The second-order valence-corrected chi connectivity index (χ2v) is 11.6. The molecule has 4 heterocycles. The van der Waals surface area contributed by atoms with Crippen LogP contribution in [0.3, 0.4) is 0 Å². The molecule has 2 atom stereocenters. The van der Waals surface area contributed by atoms with Crippen molar-refractivity contribution in [3.05, 3.63) is 71.2 Å². The number of benzene rings is 2. The number of carbonyl (C=O) groups is 3. The first-order chi connectivity index (χ1) is 20.8. The molecule has 0 radical (unpaired) electrons. The van der Waals surface area contributed by atoms with Crippen LogP contribution in [0.2, 0.25) is 0 Å². The number of methoxy groups -OCH3 is 1. The number of hydrogen-bond acceptors (Lipinski definition) is 8. The van der Waals surface area contributed by atoms with Gasteiger partial charge in [0.1, 0.15) is 27.2 Å². The van der Waals surface area contributed by atoms with E-state index in [-0.39, 0.29) is 30.5 Å². The number of ether oxygens (including phenoxy) is 2. The lowest BCUT2D eigenvalue weighted by Gasteiger charge is -2.34. The molecule has 11 nitrogen and oxygen atoms in total. The third kappa shape index (κ3) is 5.64. The largest absolute Gasteiger partial charge is 0.457 e. The first-order valence-electron chi connectivity index (χ1n) is 14.0. The third-order valence-corrected chi connectivity index (χ3v) is 8.67. The lowest BCUT2D eigenvalue weighted by atomic mass is 10.0. The van der Waals surface area contributed by atoms with Gasteiger partial charge in [0.25, 0.3) is 5.91 Å². The number of rotatable bonds is 8. The lowest BCUT2D eigenvalue weighted by Crippen LogP contribution is -2.54. The van der Waals surface area contributed by atoms with E-state index in [4.69, 9.17) is 15.2 Å². The van der Waals surface area contributed by atoms with E-state index in [0.717, 1.165) is 24.2 Å². The molecule has 2 unspecified atom stereocenters. The fourth-order valence-electron chi connectivity index (χ4n) is 5.58. The van der Waals surface area contributed by atoms with Gasteiger partial charge in [-0.05, 0) is 61.7 Å². The normalized spacial score (nSPS) is 17.0. The van der Waals surface area contributed by atoms with Gasteiger partial charge in [0.2, 0.25) is 5.91 Å². The van der Waals surface area contributed by atoms with Crippen molar-refractivity contribution in [2.45, 2.75) is 31.8 Å². The van der Waals surface area contributed by atoms with Crippen molar-refractivity contribution in [2.24, 2.45) is 5.73 Å². The highest BCUT2D eigenvalue weighted by Gasteiger charge is 2.34. The highest BCUT2D eigenvalue weighted by atomic mass is 32.1. The summed E-state index contributed by atoms with van der Waals surface area (Å²) in [6, 6.07) is 15.4. The fourth-order valence-corrected chi connectivity index (χ4v) is 6.60. The monoisotopic (exact) mass is 600 g/mol. The molecule has 1 fully saturated rings. The van der Waals surface area contributed by atoms with Crippen LogP contribution in [0, 0.1) is 6.92 Å². The minimum Gasteiger partial charge on any atom is -0.457 e. The number of hydrogen-bond donors (Lipinski definition) is 3. The molecule has 2 aromatic heterocycles. The van der Waals surface area contributed by atoms with Crippen LogP contribution in [-0.2, 0) is 9.53 Å². The predicted molar refractivity (Wildman–Crippen MR) is 165 cm³/mol. The molecule has 4 N–H and O–H groups in total. The molecule has 0 aliphatic carbocycles. The molecular weight excluding hydrogens is 568 g/mol. The van der Waals surface area contributed by atoms with Crippen molar-refractivity contribution in [2.75, 3.05) is 37.0 Å². The SMILES string of the molecule is COCC(N)C(=O)N1CCCC(NC(=O)c2sc3nccc4c3c2NC(=O)N4c2ccc(Oc3ccccc3)cc2C)C1. The van der Waals surface area contributed by atoms with Crippen molar-refractivity contribution in [1.29, 1.82) is 0 Å². The van der Waals surface area contributed by atoms with Crippen molar-refractivity contribution in [1.82, 2.24) is 15.2 Å². The fraction of sp³-hybridized carbons (Fsp3) is 0.290. The summed E-state index contributed by atoms with van der Waals surface area (Å²) >= 11 is 1.22. The molecule has 4 amide bonds. The summed E-state index contributed by atoms with van der Waals surface area (Å²) in [6.07, 6.45) is 3.10. The van der Waals surface area contributed by atoms with Crippen LogP contribution < -0.4 is 26.0 Å². The second-order valence-electron chi connectivity index (χ2n) is 10.6. The number of anilines is 3. The molecule has 43 heavy (non-hydrogen) atoms. The van der Waals surface area contributed by atoms with Gasteiger partial charge in [0, 0.05) is 32.4 Å². The first kappa shape index (κ1) is 28.6. The molecule has 1 saturated heterocycles. The summed E-state index contributed by atoms with van der Waals surface area (Å²) in [4.78, 5) is 48.6. The van der Waals surface area contributed by atoms with Gasteiger partial charge in [0.15, 0.2) is 0 Å². The molecule has 4 aromatic rings. The van der Waals surface area contributed by atoms with Crippen molar-refractivity contribution in [3.8, 4) is 11.5 Å². The average molecular weight is 601 g/mol. The van der Waals surface area contributed by atoms with Crippen molar-refractivity contribution < 1.29 is 23.9 Å². The lowest BCUT2D eigenvalue weighted by molar-refractivity contribution is -0.135. The van der Waals surface area contributed by atoms with Crippen molar-refractivity contribution in [3.63, 3.8) is 0 Å². The van der Waals surface area contributed by atoms with Gasteiger partial charge in [-0.2, -0.15) is 0 Å². The number of nitrogens with one attached hydrogen (secondary N) is 2. The highest BCUT2D eigenvalue weighted by Crippen LogP contribution is 2.46. The van der Waals surface area contributed by atoms with Crippen LogP contribution in [0.15, 0.2) is 60.8 Å². The summed E-state index contributed by atoms with van der Waals surface area (Å²) in [5.41, 5.74) is 8.56. The molecule has 0 spiro atoms. The Morgan fingerprint density at radius 3 is 2.74 bits per heavy atom. The van der Waals surface area contributed by atoms with E-state index in [9.17, 15) is 14.4 Å². The van der Waals surface area contributed by atoms with E-state index < -0.39 is 6.04 Å². The topological polar surface area (TPSA) is 139 Å². The van der Waals surface area contributed by atoms with E-state index >= 15 is 0 Å². The second kappa shape index (κ2) is 12.0. The molecule has 222 valence electrons. The number of thiophene rings is 1. The number of urea groups is 1. The Morgan fingerprint density at radius 1 is 1.16 bits per heavy atom. The number of nitrogens with two attached hydrogens (primary N) is 1. The average Bonchev–Trinajstić information content (AvgIpc) is 3.38. The van der Waals surface area contributed by atoms with Gasteiger partial charge < -0.3 is 30.7 Å². The van der Waals surface area contributed by atoms with E-state index in [1.165, 1.54) is 18.4 Å². The molecular formula is C31H32N6O5S. The van der Waals surface area contributed by atoms with Crippen LogP contribution in [0.5, 0.6) is 11.5 Å². The maximum absolute atomic E-state index is 13.6. The predicted octanol–water partition coefficient (Wildman–Crippen LogP) is 4.78. The van der Waals surface area contributed by atoms with E-state index in [0.29, 0.717) is 51.0 Å². The molecule has 2 aliphatic heterocycles. The van der Waals surface area contributed by atoms with Gasteiger partial charge in [-0.25, -0.2) is 9.78 Å². The number of aryl methyl sites for hydroxylation is 1. The summed E-state index contributed by atoms with van der Waals surface area (Å²) < 4.78 is 11.0. The quantitative estimate of drug-likeness (QED) is 0.265. The molecule has 6 rings (SSSR count). The minimum absolute atomic E-state index is 0.134. The molecule has 2 aliphatic rings. The molecule has 0 saturated carbocycles. The van der Waals surface area contributed by atoms with Gasteiger partial charge in [0.05, 0.1) is 29.1 Å². The third-order valence-electron chi connectivity index (χ3n) is 7.57. The van der Waals surface area contributed by atoms with E-state index in [1.807, 2.05) is 55.5 Å². The van der Waals surface area contributed by atoms with Gasteiger partial charge >= 0.3 is 6.03 Å². The molecule has 0 bridgehead atoms. The Labute approximate surface area is 252 Å². The summed E-state index contributed by atoms with van der Waals surface area (Å²) in [6.45, 7) is 2.99. The number of aromatic nitrogens is 1. The number of para-hydroxylation sites is 1. The number of pyridine rings is 1. The Hall–Kier alpha value is -4.52. The summed E-state index contributed by atoms with van der Waals surface area (Å²) in [7, 11) is 1.50. The summed E-state index contributed by atoms with van der Waals surface area (Å²) in [5, 5.41) is 6.71. The maximum Gasteiger partial charge on any atom is 0.331 e. The number of piperidine rings is 1. The number of nitrogens with zero attached hydrogens (tertiary/aromatic N) is 3. The minimum atomic E-state index is -0.745. The smallest absolute Gasteiger partial charge is 0.331 e. The Kier molecular flexibility index (Phi) is 7.98. The van der Waals surface area contributed by atoms with Crippen molar-refractivity contribution >= 4 is 56.5 Å².